The predicted octanol–water partition coefficient (Wildman–Crippen LogP) is 2.19. The van der Waals surface area contributed by atoms with Crippen LogP contribution in [0.3, 0.4) is 0 Å². The molecule has 5 rings (SSSR count). The minimum atomic E-state index is -0.855. The van der Waals surface area contributed by atoms with E-state index >= 15 is 0 Å². The Morgan fingerprint density at radius 3 is 2.55 bits per heavy atom. The fraction of sp³-hybridized carbons (Fsp3) is 0.609. The SMILES string of the molecule is Cc1c(C(=O)O[C@@H]2[C@H]3OC(C)(C)O[C@H]3O[C@@H]2[C@H]2COC(C)(C)O2)nnn1Cc1ccccc1. The van der Waals surface area contributed by atoms with Gasteiger partial charge in [-0.25, -0.2) is 9.48 Å². The molecule has 3 aliphatic heterocycles. The van der Waals surface area contributed by atoms with E-state index in [0.29, 0.717) is 18.8 Å². The van der Waals surface area contributed by atoms with E-state index in [4.69, 9.17) is 28.4 Å². The summed E-state index contributed by atoms with van der Waals surface area (Å²) in [5, 5.41) is 8.23. The van der Waals surface area contributed by atoms with Crippen molar-refractivity contribution in [3.05, 3.63) is 47.3 Å². The van der Waals surface area contributed by atoms with Crippen molar-refractivity contribution < 1.29 is 33.2 Å². The highest BCUT2D eigenvalue weighted by molar-refractivity contribution is 5.88. The molecule has 3 aliphatic rings. The molecular formula is C23H29N3O7. The molecule has 10 nitrogen and oxygen atoms in total. The van der Waals surface area contributed by atoms with Crippen LogP contribution in [0.4, 0.5) is 0 Å². The van der Waals surface area contributed by atoms with E-state index in [1.165, 1.54) is 0 Å². The van der Waals surface area contributed by atoms with Gasteiger partial charge in [0, 0.05) is 0 Å². The molecule has 0 spiro atoms. The fourth-order valence-electron chi connectivity index (χ4n) is 4.45. The first-order chi connectivity index (χ1) is 15.6. The zero-order chi connectivity index (χ0) is 23.4. The Morgan fingerprint density at radius 1 is 1.09 bits per heavy atom. The average Bonchev–Trinajstić information content (AvgIpc) is 3.46. The van der Waals surface area contributed by atoms with Gasteiger partial charge in [-0.15, -0.1) is 5.10 Å². The second kappa shape index (κ2) is 8.14. The van der Waals surface area contributed by atoms with Gasteiger partial charge in [-0.3, -0.25) is 0 Å². The number of rotatable bonds is 5. The summed E-state index contributed by atoms with van der Waals surface area (Å²) >= 11 is 0. The number of hydrogen-bond donors (Lipinski definition) is 0. The highest BCUT2D eigenvalue weighted by Gasteiger charge is 2.60. The highest BCUT2D eigenvalue weighted by Crippen LogP contribution is 2.42. The highest BCUT2D eigenvalue weighted by atomic mass is 16.8. The third-order valence-corrected chi connectivity index (χ3v) is 6.02. The van der Waals surface area contributed by atoms with Crippen molar-refractivity contribution in [2.75, 3.05) is 6.61 Å². The smallest absolute Gasteiger partial charge is 0.361 e. The molecule has 178 valence electrons. The Labute approximate surface area is 192 Å². The van der Waals surface area contributed by atoms with Gasteiger partial charge in [0.15, 0.2) is 35.8 Å². The Hall–Kier alpha value is -2.37. The number of aromatic nitrogens is 3. The Morgan fingerprint density at radius 2 is 1.85 bits per heavy atom. The van der Waals surface area contributed by atoms with E-state index < -0.39 is 48.2 Å². The predicted molar refractivity (Wildman–Crippen MR) is 113 cm³/mol. The number of fused-ring (bicyclic) bond motifs is 1. The molecule has 0 bridgehead atoms. The molecule has 0 amide bonds. The van der Waals surface area contributed by atoms with Crippen molar-refractivity contribution >= 4 is 5.97 Å². The summed E-state index contributed by atoms with van der Waals surface area (Å²) in [7, 11) is 0. The monoisotopic (exact) mass is 459 g/mol. The summed E-state index contributed by atoms with van der Waals surface area (Å²) in [5.41, 5.74) is 1.81. The molecule has 1 aromatic carbocycles. The largest absolute Gasteiger partial charge is 0.452 e. The molecule has 2 aromatic rings. The van der Waals surface area contributed by atoms with Crippen molar-refractivity contribution in [3.8, 4) is 0 Å². The van der Waals surface area contributed by atoms with Crippen molar-refractivity contribution in [2.45, 2.75) is 83.4 Å². The maximum atomic E-state index is 13.2. The number of carbonyl (C=O) groups is 1. The molecule has 10 heteroatoms. The maximum Gasteiger partial charge on any atom is 0.361 e. The second-order valence-electron chi connectivity index (χ2n) is 9.47. The van der Waals surface area contributed by atoms with Crippen LogP contribution >= 0.6 is 0 Å². The lowest BCUT2D eigenvalue weighted by Crippen LogP contribution is -2.45. The van der Waals surface area contributed by atoms with Crippen LogP contribution in [-0.4, -0.2) is 69.9 Å². The van der Waals surface area contributed by atoms with Gasteiger partial charge < -0.3 is 28.4 Å². The molecule has 3 fully saturated rings. The third-order valence-electron chi connectivity index (χ3n) is 6.02. The van der Waals surface area contributed by atoms with E-state index in [-0.39, 0.29) is 5.69 Å². The molecule has 0 unspecified atom stereocenters. The number of hydrogen-bond acceptors (Lipinski definition) is 9. The van der Waals surface area contributed by atoms with E-state index in [2.05, 4.69) is 10.3 Å². The van der Waals surface area contributed by atoms with E-state index in [9.17, 15) is 4.79 Å². The van der Waals surface area contributed by atoms with Crippen LogP contribution in [0.1, 0.15) is 49.4 Å². The summed E-state index contributed by atoms with van der Waals surface area (Å²) < 4.78 is 37.2. The van der Waals surface area contributed by atoms with Crippen LogP contribution in [0.25, 0.3) is 0 Å². The maximum absolute atomic E-state index is 13.2. The molecule has 33 heavy (non-hydrogen) atoms. The van der Waals surface area contributed by atoms with E-state index in [1.807, 2.05) is 44.2 Å². The summed E-state index contributed by atoms with van der Waals surface area (Å²) in [6.07, 6.45) is -3.08. The van der Waals surface area contributed by atoms with Crippen LogP contribution in [0.5, 0.6) is 0 Å². The zero-order valence-electron chi connectivity index (χ0n) is 19.4. The normalized spacial score (nSPS) is 32.1. The molecule has 0 aliphatic carbocycles. The summed E-state index contributed by atoms with van der Waals surface area (Å²) in [6.45, 7) is 9.84. The van der Waals surface area contributed by atoms with Gasteiger partial charge in [0.05, 0.1) is 18.8 Å². The molecule has 3 saturated heterocycles. The molecule has 5 atom stereocenters. The van der Waals surface area contributed by atoms with Gasteiger partial charge in [-0.1, -0.05) is 35.5 Å². The van der Waals surface area contributed by atoms with Crippen molar-refractivity contribution in [1.29, 1.82) is 0 Å². The molecule has 1 aromatic heterocycles. The lowest BCUT2D eigenvalue weighted by Gasteiger charge is -2.28. The minimum Gasteiger partial charge on any atom is -0.452 e. The van der Waals surface area contributed by atoms with Gasteiger partial charge in [0.2, 0.25) is 0 Å². The standard InChI is InChI=1S/C23H29N3O7/c1-13-16(24-25-26(13)11-14-9-7-6-8-10-14)20(27)29-18-17(15-12-28-22(2,3)31-15)30-21-19(18)32-23(4,5)33-21/h6-10,15,17-19,21H,11-12H2,1-5H3/t15-,17-,18+,19-,21-/m1/s1. The van der Waals surface area contributed by atoms with Gasteiger partial charge in [-0.2, -0.15) is 0 Å². The van der Waals surface area contributed by atoms with Crippen LogP contribution < -0.4 is 0 Å². The fourth-order valence-corrected chi connectivity index (χ4v) is 4.45. The van der Waals surface area contributed by atoms with Gasteiger partial charge in [0.25, 0.3) is 0 Å². The van der Waals surface area contributed by atoms with Crippen molar-refractivity contribution in [1.82, 2.24) is 15.0 Å². The van der Waals surface area contributed by atoms with Crippen LogP contribution in [0.2, 0.25) is 0 Å². The quantitative estimate of drug-likeness (QED) is 0.623. The van der Waals surface area contributed by atoms with Crippen LogP contribution in [-0.2, 0) is 35.0 Å². The van der Waals surface area contributed by atoms with Gasteiger partial charge in [-0.05, 0) is 40.2 Å². The minimum absolute atomic E-state index is 0.148. The van der Waals surface area contributed by atoms with Gasteiger partial charge >= 0.3 is 5.97 Å². The van der Waals surface area contributed by atoms with Crippen molar-refractivity contribution in [3.63, 3.8) is 0 Å². The third kappa shape index (κ3) is 4.41. The summed E-state index contributed by atoms with van der Waals surface area (Å²) in [6, 6.07) is 9.83. The first-order valence-corrected chi connectivity index (χ1v) is 11.1. The Kier molecular flexibility index (Phi) is 5.53. The lowest BCUT2D eigenvalue weighted by molar-refractivity contribution is -0.232. The van der Waals surface area contributed by atoms with Crippen LogP contribution in [0, 0.1) is 6.92 Å². The molecule has 0 saturated carbocycles. The lowest BCUT2D eigenvalue weighted by atomic mass is 10.1. The molecule has 0 radical (unpaired) electrons. The van der Waals surface area contributed by atoms with E-state index in [1.54, 1.807) is 25.5 Å². The van der Waals surface area contributed by atoms with Gasteiger partial charge in [0.1, 0.15) is 12.2 Å². The number of carbonyl (C=O) groups excluding carboxylic acids is 1. The van der Waals surface area contributed by atoms with E-state index in [0.717, 1.165) is 5.56 Å². The summed E-state index contributed by atoms with van der Waals surface area (Å²) in [5.74, 6) is -2.21. The first kappa shape index (κ1) is 22.4. The van der Waals surface area contributed by atoms with Crippen molar-refractivity contribution in [2.24, 2.45) is 0 Å². The van der Waals surface area contributed by atoms with Crippen LogP contribution in [0.15, 0.2) is 30.3 Å². The number of nitrogens with zero attached hydrogens (tertiary/aromatic N) is 3. The molecule has 4 heterocycles. The molecule has 0 N–H and O–H groups in total. The summed E-state index contributed by atoms with van der Waals surface area (Å²) in [4.78, 5) is 13.2. The second-order valence-corrected chi connectivity index (χ2v) is 9.47. The number of ether oxygens (including phenoxy) is 6. The first-order valence-electron chi connectivity index (χ1n) is 11.1. The zero-order valence-corrected chi connectivity index (χ0v) is 19.4. The average molecular weight is 459 g/mol. The Balaban J connectivity index is 1.35. The number of benzene rings is 1. The Bertz CT molecular complexity index is 1020. The molecular weight excluding hydrogens is 430 g/mol. The number of esters is 1. The topological polar surface area (TPSA) is 103 Å².